The largest absolute Gasteiger partial charge is 0.357 e. The van der Waals surface area contributed by atoms with Crippen LogP contribution in [0.1, 0.15) is 23.6 Å². The molecule has 1 aromatic carbocycles. The molecular weight excluding hydrogens is 234 g/mol. The number of rotatable bonds is 5. The number of nitrogens with one attached hydrogen (secondary N) is 2. The predicted molar refractivity (Wildman–Crippen MR) is 82.4 cm³/mol. The third-order valence-electron chi connectivity index (χ3n) is 2.85. The fourth-order valence-electron chi connectivity index (χ4n) is 1.89. The summed E-state index contributed by atoms with van der Waals surface area (Å²) in [6, 6.07) is 6.54. The van der Waals surface area contributed by atoms with E-state index in [2.05, 4.69) is 53.6 Å². The Hall–Kier alpha value is -1.95. The van der Waals surface area contributed by atoms with Gasteiger partial charge in [-0.15, -0.1) is 6.42 Å². The van der Waals surface area contributed by atoms with Crippen LogP contribution in [0, 0.1) is 26.2 Å². The van der Waals surface area contributed by atoms with Crippen LogP contribution in [-0.4, -0.2) is 25.6 Å². The molecule has 0 unspecified atom stereocenters. The molecule has 19 heavy (non-hydrogen) atoms. The quantitative estimate of drug-likeness (QED) is 0.481. The van der Waals surface area contributed by atoms with Crippen molar-refractivity contribution >= 4 is 5.96 Å². The second kappa shape index (κ2) is 8.20. The van der Waals surface area contributed by atoms with Gasteiger partial charge in [0.25, 0.3) is 0 Å². The second-order valence-corrected chi connectivity index (χ2v) is 4.50. The molecular formula is C16H23N3. The molecule has 0 radical (unpaired) electrons. The molecule has 0 fully saturated rings. The normalized spacial score (nSPS) is 10.9. The lowest BCUT2D eigenvalue weighted by Gasteiger charge is -2.09. The van der Waals surface area contributed by atoms with Gasteiger partial charge in [0.1, 0.15) is 0 Å². The molecule has 0 spiro atoms. The number of terminal acetylenes is 1. The van der Waals surface area contributed by atoms with Crippen LogP contribution in [0.15, 0.2) is 23.2 Å². The van der Waals surface area contributed by atoms with E-state index in [1.807, 2.05) is 6.92 Å². The van der Waals surface area contributed by atoms with Crippen molar-refractivity contribution in [1.29, 1.82) is 0 Å². The third-order valence-corrected chi connectivity index (χ3v) is 2.85. The first-order chi connectivity index (χ1) is 9.17. The molecule has 0 aliphatic heterocycles. The monoisotopic (exact) mass is 257 g/mol. The number of benzene rings is 1. The first-order valence-corrected chi connectivity index (χ1v) is 6.69. The summed E-state index contributed by atoms with van der Waals surface area (Å²) < 4.78 is 0. The van der Waals surface area contributed by atoms with Crippen LogP contribution in [-0.2, 0) is 6.42 Å². The van der Waals surface area contributed by atoms with Crippen molar-refractivity contribution in [1.82, 2.24) is 10.6 Å². The molecule has 0 aliphatic carbocycles. The summed E-state index contributed by atoms with van der Waals surface area (Å²) in [6.07, 6.45) is 6.17. The standard InChI is InChI=1S/C16H23N3/c1-5-10-18-16(17-6-2)19-11-9-15-8-7-13(3)12-14(15)4/h1,7-8,12H,6,9-11H2,2-4H3,(H2,17,18,19). The van der Waals surface area contributed by atoms with Crippen LogP contribution in [0.5, 0.6) is 0 Å². The topological polar surface area (TPSA) is 36.4 Å². The molecule has 2 N–H and O–H groups in total. The van der Waals surface area contributed by atoms with E-state index in [0.29, 0.717) is 6.54 Å². The van der Waals surface area contributed by atoms with Crippen molar-refractivity contribution in [3.05, 3.63) is 34.9 Å². The van der Waals surface area contributed by atoms with E-state index in [-0.39, 0.29) is 0 Å². The van der Waals surface area contributed by atoms with Crippen molar-refractivity contribution in [3.63, 3.8) is 0 Å². The van der Waals surface area contributed by atoms with Gasteiger partial charge in [-0.05, 0) is 38.3 Å². The summed E-state index contributed by atoms with van der Waals surface area (Å²) in [5, 5.41) is 6.25. The summed E-state index contributed by atoms with van der Waals surface area (Å²) in [5.41, 5.74) is 3.98. The van der Waals surface area contributed by atoms with Crippen LogP contribution < -0.4 is 10.6 Å². The van der Waals surface area contributed by atoms with Gasteiger partial charge in [0.2, 0.25) is 0 Å². The fraction of sp³-hybridized carbons (Fsp3) is 0.438. The zero-order valence-electron chi connectivity index (χ0n) is 12.1. The molecule has 0 heterocycles. The minimum absolute atomic E-state index is 0.495. The highest BCUT2D eigenvalue weighted by Gasteiger charge is 1.99. The number of nitrogens with zero attached hydrogens (tertiary/aromatic N) is 1. The Balaban J connectivity index is 2.56. The molecule has 3 heteroatoms. The number of hydrogen-bond donors (Lipinski definition) is 2. The Bertz CT molecular complexity index is 469. The number of aliphatic imine (C=N–C) groups is 1. The van der Waals surface area contributed by atoms with E-state index < -0.39 is 0 Å². The van der Waals surface area contributed by atoms with Crippen molar-refractivity contribution in [2.75, 3.05) is 19.6 Å². The minimum atomic E-state index is 0.495. The Morgan fingerprint density at radius 1 is 1.32 bits per heavy atom. The zero-order valence-corrected chi connectivity index (χ0v) is 12.1. The van der Waals surface area contributed by atoms with Gasteiger partial charge in [-0.3, -0.25) is 4.99 Å². The maximum Gasteiger partial charge on any atom is 0.192 e. The number of hydrogen-bond acceptors (Lipinski definition) is 1. The summed E-state index contributed by atoms with van der Waals surface area (Å²) in [5.74, 6) is 3.33. The molecule has 0 atom stereocenters. The van der Waals surface area contributed by atoms with Gasteiger partial charge < -0.3 is 10.6 Å². The molecule has 0 aromatic heterocycles. The highest BCUT2D eigenvalue weighted by atomic mass is 15.2. The number of guanidine groups is 1. The Morgan fingerprint density at radius 2 is 2.11 bits per heavy atom. The van der Waals surface area contributed by atoms with Crippen LogP contribution in [0.3, 0.4) is 0 Å². The first-order valence-electron chi connectivity index (χ1n) is 6.69. The lowest BCUT2D eigenvalue weighted by atomic mass is 10.0. The van der Waals surface area contributed by atoms with Gasteiger partial charge in [-0.1, -0.05) is 29.7 Å². The van der Waals surface area contributed by atoms with Crippen LogP contribution >= 0.6 is 0 Å². The van der Waals surface area contributed by atoms with Crippen LogP contribution in [0.4, 0.5) is 0 Å². The van der Waals surface area contributed by atoms with Gasteiger partial charge in [-0.2, -0.15) is 0 Å². The molecule has 0 saturated heterocycles. The third kappa shape index (κ3) is 5.48. The van der Waals surface area contributed by atoms with Crippen molar-refractivity contribution < 1.29 is 0 Å². The van der Waals surface area contributed by atoms with E-state index in [0.717, 1.165) is 25.5 Å². The average Bonchev–Trinajstić information content (AvgIpc) is 2.38. The molecule has 0 bridgehead atoms. The van der Waals surface area contributed by atoms with Crippen LogP contribution in [0.25, 0.3) is 0 Å². The number of aryl methyl sites for hydroxylation is 2. The Morgan fingerprint density at radius 3 is 2.74 bits per heavy atom. The van der Waals surface area contributed by atoms with E-state index in [1.165, 1.54) is 16.7 Å². The van der Waals surface area contributed by atoms with Crippen LogP contribution in [0.2, 0.25) is 0 Å². The molecule has 102 valence electrons. The molecule has 1 aromatic rings. The van der Waals surface area contributed by atoms with E-state index >= 15 is 0 Å². The average molecular weight is 257 g/mol. The highest BCUT2D eigenvalue weighted by Crippen LogP contribution is 2.11. The molecule has 1 rings (SSSR count). The fourth-order valence-corrected chi connectivity index (χ4v) is 1.89. The predicted octanol–water partition coefficient (Wildman–Crippen LogP) is 2.03. The van der Waals surface area contributed by atoms with Gasteiger partial charge in [0, 0.05) is 13.1 Å². The SMILES string of the molecule is C#CCNC(=NCCc1ccc(C)cc1C)NCC. The molecule has 0 saturated carbocycles. The maximum absolute atomic E-state index is 5.23. The molecule has 3 nitrogen and oxygen atoms in total. The summed E-state index contributed by atoms with van der Waals surface area (Å²) in [6.45, 7) is 8.38. The Labute approximate surface area is 116 Å². The summed E-state index contributed by atoms with van der Waals surface area (Å²) in [4.78, 5) is 4.51. The molecule has 0 aliphatic rings. The lowest BCUT2D eigenvalue weighted by Crippen LogP contribution is -2.37. The van der Waals surface area contributed by atoms with Gasteiger partial charge >= 0.3 is 0 Å². The van der Waals surface area contributed by atoms with Crippen molar-refractivity contribution in [2.45, 2.75) is 27.2 Å². The molecule has 0 amide bonds. The minimum Gasteiger partial charge on any atom is -0.357 e. The van der Waals surface area contributed by atoms with E-state index in [1.54, 1.807) is 0 Å². The van der Waals surface area contributed by atoms with Gasteiger partial charge in [0.05, 0.1) is 6.54 Å². The van der Waals surface area contributed by atoms with Gasteiger partial charge in [-0.25, -0.2) is 0 Å². The van der Waals surface area contributed by atoms with E-state index in [4.69, 9.17) is 6.42 Å². The van der Waals surface area contributed by atoms with Gasteiger partial charge in [0.15, 0.2) is 5.96 Å². The Kier molecular flexibility index (Phi) is 6.52. The highest BCUT2D eigenvalue weighted by molar-refractivity contribution is 5.79. The smallest absolute Gasteiger partial charge is 0.192 e. The van der Waals surface area contributed by atoms with Crippen molar-refractivity contribution in [2.24, 2.45) is 4.99 Å². The van der Waals surface area contributed by atoms with E-state index in [9.17, 15) is 0 Å². The first kappa shape index (κ1) is 15.1. The summed E-state index contributed by atoms with van der Waals surface area (Å²) >= 11 is 0. The second-order valence-electron chi connectivity index (χ2n) is 4.50. The van der Waals surface area contributed by atoms with Crippen molar-refractivity contribution in [3.8, 4) is 12.3 Å². The maximum atomic E-state index is 5.23. The summed E-state index contributed by atoms with van der Waals surface area (Å²) in [7, 11) is 0. The lowest BCUT2D eigenvalue weighted by molar-refractivity contribution is 0.854. The zero-order chi connectivity index (χ0) is 14.1.